The first-order valence-electron chi connectivity index (χ1n) is 8.17. The van der Waals surface area contributed by atoms with Crippen LogP contribution in [0.1, 0.15) is 48.7 Å². The van der Waals surface area contributed by atoms with E-state index in [9.17, 15) is 18.0 Å². The van der Waals surface area contributed by atoms with Gasteiger partial charge >= 0.3 is 5.69 Å². The van der Waals surface area contributed by atoms with Crippen molar-refractivity contribution in [3.05, 3.63) is 51.2 Å². The number of benzene rings is 1. The molecular weight excluding hydrogens is 319 g/mol. The highest BCUT2D eigenvalue weighted by atomic mass is 19.1. The molecule has 0 amide bonds. The summed E-state index contributed by atoms with van der Waals surface area (Å²) in [5.74, 6) is -0.612. The van der Waals surface area contributed by atoms with Gasteiger partial charge in [0.15, 0.2) is 0 Å². The van der Waals surface area contributed by atoms with Gasteiger partial charge in [0, 0.05) is 31.2 Å². The second kappa shape index (κ2) is 4.13. The Morgan fingerprint density at radius 2 is 1.83 bits per heavy atom. The Morgan fingerprint density at radius 1 is 1.21 bits per heavy atom. The number of aryl methyl sites for hydroxylation is 1. The van der Waals surface area contributed by atoms with E-state index in [1.165, 1.54) is 28.3 Å². The standard InChI is InChI=1S/C17H16F3N3O/c1-9-11(18)4-10(5-12(9)19)13-2-3-14-21-23(15(24)22(13)14)17-6-16(20,7-17)8-17/h4-5,13H,2-3,6-8H2,1H3/t13-,16?,17?/m0/s1. The quantitative estimate of drug-likeness (QED) is 0.847. The third-order valence-corrected chi connectivity index (χ3v) is 5.91. The fourth-order valence-corrected chi connectivity index (χ4v) is 4.62. The maximum atomic E-state index is 13.9. The molecule has 3 saturated carbocycles. The van der Waals surface area contributed by atoms with Crippen molar-refractivity contribution in [1.82, 2.24) is 14.3 Å². The van der Waals surface area contributed by atoms with Gasteiger partial charge in [0.2, 0.25) is 0 Å². The molecule has 0 radical (unpaired) electrons. The molecule has 2 heterocycles. The molecule has 126 valence electrons. The second-order valence-corrected chi connectivity index (χ2v) is 7.55. The van der Waals surface area contributed by atoms with Crippen molar-refractivity contribution in [1.29, 1.82) is 0 Å². The second-order valence-electron chi connectivity index (χ2n) is 7.55. The SMILES string of the molecule is Cc1c(F)cc([C@@H]2CCc3nn(C45CC(F)(C4)C5)c(=O)n32)cc1F. The van der Waals surface area contributed by atoms with Gasteiger partial charge < -0.3 is 0 Å². The van der Waals surface area contributed by atoms with Gasteiger partial charge in [-0.1, -0.05) is 0 Å². The molecule has 0 N–H and O–H groups in total. The number of halogens is 3. The molecule has 2 aromatic rings. The topological polar surface area (TPSA) is 39.8 Å². The minimum Gasteiger partial charge on any atom is -0.271 e. The van der Waals surface area contributed by atoms with E-state index in [1.54, 1.807) is 0 Å². The van der Waals surface area contributed by atoms with Crippen LogP contribution in [0, 0.1) is 18.6 Å². The lowest BCUT2D eigenvalue weighted by molar-refractivity contribution is -0.205. The van der Waals surface area contributed by atoms with Gasteiger partial charge in [-0.25, -0.2) is 22.6 Å². The van der Waals surface area contributed by atoms with Crippen LogP contribution in [-0.2, 0) is 12.0 Å². The van der Waals surface area contributed by atoms with Crippen LogP contribution in [-0.4, -0.2) is 20.0 Å². The number of hydrogen-bond acceptors (Lipinski definition) is 2. The van der Waals surface area contributed by atoms with Crippen LogP contribution in [0.2, 0.25) is 0 Å². The molecule has 3 fully saturated rings. The Kier molecular flexibility index (Phi) is 2.46. The van der Waals surface area contributed by atoms with Crippen LogP contribution >= 0.6 is 0 Å². The number of alkyl halides is 1. The van der Waals surface area contributed by atoms with Crippen molar-refractivity contribution >= 4 is 0 Å². The zero-order valence-corrected chi connectivity index (χ0v) is 13.2. The largest absolute Gasteiger partial charge is 0.347 e. The molecule has 0 unspecified atom stereocenters. The molecule has 2 bridgehead atoms. The molecule has 7 heteroatoms. The summed E-state index contributed by atoms with van der Waals surface area (Å²) in [5, 5.41) is 4.40. The molecule has 4 nitrogen and oxygen atoms in total. The maximum absolute atomic E-state index is 13.9. The first kappa shape index (κ1) is 14.3. The lowest BCUT2D eigenvalue weighted by Crippen LogP contribution is -2.72. The van der Waals surface area contributed by atoms with E-state index >= 15 is 0 Å². The van der Waals surface area contributed by atoms with Gasteiger partial charge in [-0.15, -0.1) is 0 Å². The van der Waals surface area contributed by atoms with Gasteiger partial charge in [0.05, 0.1) is 11.6 Å². The lowest BCUT2D eigenvalue weighted by Gasteiger charge is -2.64. The van der Waals surface area contributed by atoms with Gasteiger partial charge in [0.25, 0.3) is 0 Å². The van der Waals surface area contributed by atoms with Crippen molar-refractivity contribution in [2.45, 2.75) is 56.3 Å². The van der Waals surface area contributed by atoms with E-state index in [0.717, 1.165) is 0 Å². The molecule has 0 saturated heterocycles. The monoisotopic (exact) mass is 335 g/mol. The Hall–Kier alpha value is -2.05. The summed E-state index contributed by atoms with van der Waals surface area (Å²) >= 11 is 0. The molecule has 1 atom stereocenters. The maximum Gasteiger partial charge on any atom is 0.347 e. The first-order valence-corrected chi connectivity index (χ1v) is 8.17. The highest BCUT2D eigenvalue weighted by molar-refractivity contribution is 5.30. The molecule has 1 aliphatic heterocycles. The fraction of sp³-hybridized carbons (Fsp3) is 0.529. The van der Waals surface area contributed by atoms with E-state index < -0.39 is 28.9 Å². The van der Waals surface area contributed by atoms with Gasteiger partial charge in [-0.05, 0) is 31.0 Å². The van der Waals surface area contributed by atoms with Crippen LogP contribution in [0.25, 0.3) is 0 Å². The Morgan fingerprint density at radius 3 is 2.42 bits per heavy atom. The predicted molar refractivity (Wildman–Crippen MR) is 79.7 cm³/mol. The van der Waals surface area contributed by atoms with Crippen molar-refractivity contribution in [2.75, 3.05) is 0 Å². The molecule has 24 heavy (non-hydrogen) atoms. The summed E-state index contributed by atoms with van der Waals surface area (Å²) < 4.78 is 44.5. The predicted octanol–water partition coefficient (Wildman–Crippen LogP) is 2.77. The van der Waals surface area contributed by atoms with Crippen LogP contribution < -0.4 is 5.69 Å². The van der Waals surface area contributed by atoms with Crippen molar-refractivity contribution in [3.8, 4) is 0 Å². The Labute approximate surface area is 135 Å². The number of aromatic nitrogens is 3. The normalized spacial score (nSPS) is 33.1. The molecular formula is C17H16F3N3O. The van der Waals surface area contributed by atoms with E-state index in [4.69, 9.17) is 0 Å². The number of hydrogen-bond donors (Lipinski definition) is 0. The van der Waals surface area contributed by atoms with Crippen LogP contribution in [0.15, 0.2) is 16.9 Å². The molecule has 6 rings (SSSR count). The van der Waals surface area contributed by atoms with Crippen LogP contribution in [0.5, 0.6) is 0 Å². The lowest BCUT2D eigenvalue weighted by atomic mass is 9.47. The smallest absolute Gasteiger partial charge is 0.271 e. The average molecular weight is 335 g/mol. The molecule has 0 spiro atoms. The van der Waals surface area contributed by atoms with E-state index in [2.05, 4.69) is 5.10 Å². The summed E-state index contributed by atoms with van der Waals surface area (Å²) in [4.78, 5) is 12.8. The molecule has 1 aromatic carbocycles. The summed E-state index contributed by atoms with van der Waals surface area (Å²) in [7, 11) is 0. The van der Waals surface area contributed by atoms with Gasteiger partial charge in [0.1, 0.15) is 23.1 Å². The summed E-state index contributed by atoms with van der Waals surface area (Å²) in [6.07, 6.45) is 2.18. The molecule has 4 aliphatic rings. The highest BCUT2D eigenvalue weighted by Gasteiger charge is 2.71. The minimum absolute atomic E-state index is 0.0258. The first-order chi connectivity index (χ1) is 11.3. The summed E-state index contributed by atoms with van der Waals surface area (Å²) in [6.45, 7) is 1.38. The minimum atomic E-state index is -1.11. The molecule has 3 aliphatic carbocycles. The summed E-state index contributed by atoms with van der Waals surface area (Å²) in [5.41, 5.74) is -1.47. The summed E-state index contributed by atoms with van der Waals surface area (Å²) in [6, 6.07) is 2.16. The molecule has 1 aromatic heterocycles. The van der Waals surface area contributed by atoms with E-state index in [1.807, 2.05) is 0 Å². The van der Waals surface area contributed by atoms with E-state index in [-0.39, 0.29) is 11.3 Å². The zero-order valence-electron chi connectivity index (χ0n) is 13.2. The number of rotatable bonds is 2. The third kappa shape index (κ3) is 1.60. The van der Waals surface area contributed by atoms with Crippen molar-refractivity contribution in [2.24, 2.45) is 0 Å². The average Bonchev–Trinajstić information content (AvgIpc) is 3.01. The third-order valence-electron chi connectivity index (χ3n) is 5.91. The Bertz CT molecular complexity index is 902. The van der Waals surface area contributed by atoms with Crippen molar-refractivity contribution < 1.29 is 13.2 Å². The van der Waals surface area contributed by atoms with Crippen LogP contribution in [0.3, 0.4) is 0 Å². The van der Waals surface area contributed by atoms with E-state index in [0.29, 0.717) is 43.5 Å². The Balaban J connectivity index is 1.58. The van der Waals surface area contributed by atoms with Crippen molar-refractivity contribution in [3.63, 3.8) is 0 Å². The highest BCUT2D eigenvalue weighted by Crippen LogP contribution is 2.66. The van der Waals surface area contributed by atoms with Crippen LogP contribution in [0.4, 0.5) is 13.2 Å². The van der Waals surface area contributed by atoms with Gasteiger partial charge in [-0.2, -0.15) is 5.10 Å². The number of nitrogens with zero attached hydrogens (tertiary/aromatic N) is 3. The fourth-order valence-electron chi connectivity index (χ4n) is 4.62. The number of fused-ring (bicyclic) bond motifs is 1. The van der Waals surface area contributed by atoms with Gasteiger partial charge in [-0.3, -0.25) is 4.57 Å². The zero-order chi connectivity index (χ0) is 16.9.